The van der Waals surface area contributed by atoms with Crippen molar-refractivity contribution in [3.63, 3.8) is 0 Å². The van der Waals surface area contributed by atoms with Gasteiger partial charge in [0.1, 0.15) is 11.6 Å². The predicted octanol–water partition coefficient (Wildman–Crippen LogP) is 2.11. The second-order valence-corrected chi connectivity index (χ2v) is 6.98. The van der Waals surface area contributed by atoms with E-state index < -0.39 is 0 Å². The Balaban J connectivity index is 1.52. The molecule has 1 amide bonds. The molecule has 1 aliphatic carbocycles. The van der Waals surface area contributed by atoms with E-state index in [0.717, 1.165) is 50.4 Å². The summed E-state index contributed by atoms with van der Waals surface area (Å²) in [6.45, 7) is 3.84. The van der Waals surface area contributed by atoms with Gasteiger partial charge in [0.2, 0.25) is 5.91 Å². The minimum absolute atomic E-state index is 0.292. The van der Waals surface area contributed by atoms with E-state index in [2.05, 4.69) is 19.7 Å². The third-order valence-corrected chi connectivity index (χ3v) is 5.68. The number of aromatic nitrogens is 3. The molecule has 0 radical (unpaired) electrons. The van der Waals surface area contributed by atoms with Crippen LogP contribution in [0, 0.1) is 18.8 Å². The number of aryl methyl sites for hydroxylation is 2. The molecule has 2 fully saturated rings. The van der Waals surface area contributed by atoms with Crippen LogP contribution in [0.5, 0.6) is 0 Å². The summed E-state index contributed by atoms with van der Waals surface area (Å²) in [5.74, 6) is 3.42. The molecule has 114 valence electrons. The maximum atomic E-state index is 12.8. The summed E-state index contributed by atoms with van der Waals surface area (Å²) in [6, 6.07) is 0.413. The van der Waals surface area contributed by atoms with Crippen molar-refractivity contribution in [2.24, 2.45) is 11.8 Å². The molecule has 3 heterocycles. The Morgan fingerprint density at radius 3 is 2.71 bits per heavy atom. The Labute approximate surface area is 125 Å². The SMILES string of the molecule is Cc1nnc2n1[C@H]1CN(C(=O)C3CCCCC3)C[C@H]1CC2. The quantitative estimate of drug-likeness (QED) is 0.795. The van der Waals surface area contributed by atoms with Crippen LogP contribution in [0.2, 0.25) is 0 Å². The molecule has 21 heavy (non-hydrogen) atoms. The monoisotopic (exact) mass is 288 g/mol. The van der Waals surface area contributed by atoms with Crippen molar-refractivity contribution in [2.75, 3.05) is 13.1 Å². The minimum atomic E-state index is 0.292. The van der Waals surface area contributed by atoms with E-state index in [0.29, 0.717) is 23.8 Å². The predicted molar refractivity (Wildman–Crippen MR) is 78.8 cm³/mol. The molecule has 0 unspecified atom stereocenters. The summed E-state index contributed by atoms with van der Waals surface area (Å²) in [5.41, 5.74) is 0. The van der Waals surface area contributed by atoms with Crippen molar-refractivity contribution in [2.45, 2.75) is 57.9 Å². The van der Waals surface area contributed by atoms with Crippen molar-refractivity contribution < 1.29 is 4.79 Å². The van der Waals surface area contributed by atoms with Crippen molar-refractivity contribution >= 4 is 5.91 Å². The summed E-state index contributed by atoms with van der Waals surface area (Å²) in [5, 5.41) is 8.51. The molecule has 5 nitrogen and oxygen atoms in total. The number of nitrogens with zero attached hydrogens (tertiary/aromatic N) is 4. The fourth-order valence-corrected chi connectivity index (χ4v) is 4.55. The van der Waals surface area contributed by atoms with Crippen LogP contribution < -0.4 is 0 Å². The fourth-order valence-electron chi connectivity index (χ4n) is 4.55. The molecule has 4 rings (SSSR count). The number of carbonyl (C=O) groups excluding carboxylic acids is 1. The van der Waals surface area contributed by atoms with Gasteiger partial charge in [0.25, 0.3) is 0 Å². The summed E-state index contributed by atoms with van der Waals surface area (Å²) >= 11 is 0. The topological polar surface area (TPSA) is 51.0 Å². The first-order valence-corrected chi connectivity index (χ1v) is 8.43. The molecule has 0 aromatic carbocycles. The highest BCUT2D eigenvalue weighted by Crippen LogP contribution is 2.38. The standard InChI is InChI=1S/C16H24N4O/c1-11-17-18-15-8-7-13-9-19(10-14(13)20(11)15)16(21)12-5-3-2-4-6-12/h12-14H,2-10H2,1H3/t13-,14+/m1/s1. The zero-order valence-corrected chi connectivity index (χ0v) is 12.8. The van der Waals surface area contributed by atoms with Crippen LogP contribution in [0.1, 0.15) is 56.2 Å². The molecule has 0 spiro atoms. The van der Waals surface area contributed by atoms with Gasteiger partial charge >= 0.3 is 0 Å². The molecule has 1 saturated carbocycles. The van der Waals surface area contributed by atoms with E-state index in [1.54, 1.807) is 0 Å². The maximum absolute atomic E-state index is 12.8. The highest BCUT2D eigenvalue weighted by Gasteiger charge is 2.41. The van der Waals surface area contributed by atoms with Crippen molar-refractivity contribution in [1.29, 1.82) is 0 Å². The molecule has 0 N–H and O–H groups in total. The number of likely N-dealkylation sites (tertiary alicyclic amines) is 1. The highest BCUT2D eigenvalue weighted by atomic mass is 16.2. The van der Waals surface area contributed by atoms with Crippen LogP contribution in [-0.4, -0.2) is 38.7 Å². The lowest BCUT2D eigenvalue weighted by Gasteiger charge is -2.27. The molecule has 2 atom stereocenters. The van der Waals surface area contributed by atoms with E-state index in [1.165, 1.54) is 19.3 Å². The van der Waals surface area contributed by atoms with Crippen molar-refractivity contribution in [3.05, 3.63) is 11.6 Å². The van der Waals surface area contributed by atoms with E-state index in [4.69, 9.17) is 0 Å². The molecule has 1 saturated heterocycles. The number of hydrogen-bond acceptors (Lipinski definition) is 3. The lowest BCUT2D eigenvalue weighted by molar-refractivity contribution is -0.135. The first-order chi connectivity index (χ1) is 10.2. The summed E-state index contributed by atoms with van der Waals surface area (Å²) in [6.07, 6.45) is 8.11. The number of amides is 1. The molecular weight excluding hydrogens is 264 g/mol. The largest absolute Gasteiger partial charge is 0.340 e. The highest BCUT2D eigenvalue weighted by molar-refractivity contribution is 5.79. The first-order valence-electron chi connectivity index (χ1n) is 8.43. The van der Waals surface area contributed by atoms with Gasteiger partial charge in [0.05, 0.1) is 6.04 Å². The Morgan fingerprint density at radius 1 is 1.10 bits per heavy atom. The van der Waals surface area contributed by atoms with Gasteiger partial charge in [0.15, 0.2) is 0 Å². The van der Waals surface area contributed by atoms with Gasteiger partial charge in [0, 0.05) is 25.4 Å². The molecule has 0 bridgehead atoms. The molecular formula is C16H24N4O. The van der Waals surface area contributed by atoms with Crippen LogP contribution in [0.3, 0.4) is 0 Å². The molecule has 1 aromatic rings. The second kappa shape index (κ2) is 5.11. The van der Waals surface area contributed by atoms with Crippen molar-refractivity contribution in [3.8, 4) is 0 Å². The number of hydrogen-bond donors (Lipinski definition) is 0. The number of carbonyl (C=O) groups is 1. The van der Waals surface area contributed by atoms with E-state index in [9.17, 15) is 4.79 Å². The van der Waals surface area contributed by atoms with Crippen LogP contribution in [-0.2, 0) is 11.2 Å². The first kappa shape index (κ1) is 13.3. The zero-order valence-electron chi connectivity index (χ0n) is 12.8. The Kier molecular flexibility index (Phi) is 3.23. The van der Waals surface area contributed by atoms with Crippen LogP contribution in [0.25, 0.3) is 0 Å². The normalized spacial score (nSPS) is 29.3. The average Bonchev–Trinajstić information content (AvgIpc) is 3.11. The molecule has 5 heteroatoms. The summed E-state index contributed by atoms with van der Waals surface area (Å²) in [4.78, 5) is 14.9. The molecule has 2 aliphatic heterocycles. The van der Waals surface area contributed by atoms with Gasteiger partial charge in [-0.3, -0.25) is 4.79 Å². The summed E-state index contributed by atoms with van der Waals surface area (Å²) < 4.78 is 2.29. The lowest BCUT2D eigenvalue weighted by atomic mass is 9.88. The van der Waals surface area contributed by atoms with Gasteiger partial charge in [-0.05, 0) is 32.1 Å². The number of rotatable bonds is 1. The Hall–Kier alpha value is -1.39. The van der Waals surface area contributed by atoms with E-state index in [-0.39, 0.29) is 0 Å². The van der Waals surface area contributed by atoms with Crippen LogP contribution >= 0.6 is 0 Å². The zero-order chi connectivity index (χ0) is 14.4. The van der Waals surface area contributed by atoms with Gasteiger partial charge in [-0.15, -0.1) is 10.2 Å². The fraction of sp³-hybridized carbons (Fsp3) is 0.812. The van der Waals surface area contributed by atoms with Crippen LogP contribution in [0.4, 0.5) is 0 Å². The van der Waals surface area contributed by atoms with Gasteiger partial charge < -0.3 is 9.47 Å². The van der Waals surface area contributed by atoms with E-state index >= 15 is 0 Å². The van der Waals surface area contributed by atoms with Gasteiger partial charge in [-0.2, -0.15) is 0 Å². The third kappa shape index (κ3) is 2.17. The summed E-state index contributed by atoms with van der Waals surface area (Å²) in [7, 11) is 0. The molecule has 1 aromatic heterocycles. The Morgan fingerprint density at radius 2 is 1.90 bits per heavy atom. The lowest BCUT2D eigenvalue weighted by Crippen LogP contribution is -2.35. The molecule has 3 aliphatic rings. The minimum Gasteiger partial charge on any atom is -0.340 e. The maximum Gasteiger partial charge on any atom is 0.225 e. The number of fused-ring (bicyclic) bond motifs is 3. The average molecular weight is 288 g/mol. The van der Waals surface area contributed by atoms with Crippen LogP contribution in [0.15, 0.2) is 0 Å². The second-order valence-electron chi connectivity index (χ2n) is 6.98. The van der Waals surface area contributed by atoms with Gasteiger partial charge in [-0.25, -0.2) is 0 Å². The third-order valence-electron chi connectivity index (χ3n) is 5.68. The smallest absolute Gasteiger partial charge is 0.225 e. The Bertz CT molecular complexity index is 546. The van der Waals surface area contributed by atoms with Crippen molar-refractivity contribution in [1.82, 2.24) is 19.7 Å². The van der Waals surface area contributed by atoms with Gasteiger partial charge in [-0.1, -0.05) is 19.3 Å². The van der Waals surface area contributed by atoms with E-state index in [1.807, 2.05) is 6.92 Å².